The molecule has 1 rings (SSSR count). The fourth-order valence-corrected chi connectivity index (χ4v) is 3.28. The molecule has 4 nitrogen and oxygen atoms in total. The molecule has 4 heteroatoms. The second-order valence-corrected chi connectivity index (χ2v) is 7.66. The lowest BCUT2D eigenvalue weighted by molar-refractivity contribution is -0.162. The van der Waals surface area contributed by atoms with Crippen LogP contribution in [0.3, 0.4) is 0 Å². The minimum absolute atomic E-state index is 0.244. The van der Waals surface area contributed by atoms with Crippen molar-refractivity contribution in [1.82, 2.24) is 0 Å². The van der Waals surface area contributed by atoms with Gasteiger partial charge in [-0.3, -0.25) is 0 Å². The number of ether oxygens (including phenoxy) is 3. The van der Waals surface area contributed by atoms with E-state index in [9.17, 15) is 4.79 Å². The molecule has 0 aromatic heterocycles. The third-order valence-electron chi connectivity index (χ3n) is 4.76. The summed E-state index contributed by atoms with van der Waals surface area (Å²) in [5.74, 6) is -0.793. The molecular weight excluding hydrogens is 316 g/mol. The molecule has 0 saturated carbocycles. The topological polar surface area (TPSA) is 44.8 Å². The first-order valence-corrected chi connectivity index (χ1v) is 10.0. The van der Waals surface area contributed by atoms with Gasteiger partial charge in [-0.1, -0.05) is 57.9 Å². The Hall–Kier alpha value is -0.870. The third-order valence-corrected chi connectivity index (χ3v) is 4.76. The number of unbranched alkanes of at least 4 members (excludes halogenated alkanes) is 6. The average Bonchev–Trinajstić information content (AvgIpc) is 2.87. The van der Waals surface area contributed by atoms with Crippen LogP contribution < -0.4 is 0 Å². The summed E-state index contributed by atoms with van der Waals surface area (Å²) in [6, 6.07) is 0. The lowest BCUT2D eigenvalue weighted by Crippen LogP contribution is -2.34. The molecule has 1 heterocycles. The number of hydrogen-bond donors (Lipinski definition) is 0. The minimum atomic E-state index is -0.549. The SMILES string of the molecule is CCCCCCCCC[C@]1(C/C=C(\C)C(=O)OCC)COC(C)(C)O1. The van der Waals surface area contributed by atoms with Crippen LogP contribution in [-0.2, 0) is 19.0 Å². The van der Waals surface area contributed by atoms with Gasteiger partial charge in [0.1, 0.15) is 0 Å². The smallest absolute Gasteiger partial charge is 0.333 e. The van der Waals surface area contributed by atoms with Crippen molar-refractivity contribution >= 4 is 5.97 Å². The zero-order valence-electron chi connectivity index (χ0n) is 17.0. The Bertz CT molecular complexity index is 428. The van der Waals surface area contributed by atoms with Crippen LogP contribution in [0, 0.1) is 0 Å². The van der Waals surface area contributed by atoms with Crippen molar-refractivity contribution in [2.45, 2.75) is 104 Å². The summed E-state index contributed by atoms with van der Waals surface area (Å²) in [6.45, 7) is 10.8. The lowest BCUT2D eigenvalue weighted by Gasteiger charge is -2.28. The van der Waals surface area contributed by atoms with E-state index >= 15 is 0 Å². The highest BCUT2D eigenvalue weighted by atomic mass is 16.8. The molecule has 0 radical (unpaired) electrons. The second-order valence-electron chi connectivity index (χ2n) is 7.66. The van der Waals surface area contributed by atoms with Crippen LogP contribution in [-0.4, -0.2) is 30.6 Å². The van der Waals surface area contributed by atoms with Crippen LogP contribution in [0.1, 0.15) is 92.4 Å². The summed E-state index contributed by atoms with van der Waals surface area (Å²) in [6.07, 6.45) is 12.6. The van der Waals surface area contributed by atoms with Crippen molar-refractivity contribution < 1.29 is 19.0 Å². The zero-order chi connectivity index (χ0) is 18.8. The molecule has 0 unspecified atom stereocenters. The summed E-state index contributed by atoms with van der Waals surface area (Å²) in [4.78, 5) is 11.8. The fraction of sp³-hybridized carbons (Fsp3) is 0.857. The van der Waals surface area contributed by atoms with Gasteiger partial charge in [0.25, 0.3) is 0 Å². The highest BCUT2D eigenvalue weighted by Gasteiger charge is 2.44. The van der Waals surface area contributed by atoms with Crippen LogP contribution in [0.25, 0.3) is 0 Å². The van der Waals surface area contributed by atoms with Crippen LogP contribution in [0.2, 0.25) is 0 Å². The molecule has 0 amide bonds. The molecule has 0 aliphatic carbocycles. The molecule has 0 aromatic rings. The number of hydrogen-bond acceptors (Lipinski definition) is 4. The molecule has 25 heavy (non-hydrogen) atoms. The molecule has 1 aliphatic rings. The highest BCUT2D eigenvalue weighted by Crippen LogP contribution is 2.38. The summed E-state index contributed by atoms with van der Waals surface area (Å²) >= 11 is 0. The maximum atomic E-state index is 11.8. The molecule has 0 N–H and O–H groups in total. The summed E-state index contributed by atoms with van der Waals surface area (Å²) < 4.78 is 17.2. The van der Waals surface area contributed by atoms with E-state index in [4.69, 9.17) is 14.2 Å². The van der Waals surface area contributed by atoms with E-state index in [0.29, 0.717) is 25.2 Å². The van der Waals surface area contributed by atoms with Crippen molar-refractivity contribution in [3.05, 3.63) is 11.6 Å². The summed E-state index contributed by atoms with van der Waals surface area (Å²) in [5.41, 5.74) is 0.329. The van der Waals surface area contributed by atoms with Crippen molar-refractivity contribution in [2.24, 2.45) is 0 Å². The van der Waals surface area contributed by atoms with Gasteiger partial charge >= 0.3 is 5.97 Å². The molecule has 1 fully saturated rings. The Labute approximate surface area is 154 Å². The van der Waals surface area contributed by atoms with Crippen molar-refractivity contribution in [2.75, 3.05) is 13.2 Å². The predicted molar refractivity (Wildman–Crippen MR) is 101 cm³/mol. The van der Waals surface area contributed by atoms with Gasteiger partial charge in [0.05, 0.1) is 18.8 Å². The van der Waals surface area contributed by atoms with Gasteiger partial charge in [-0.2, -0.15) is 0 Å². The number of carbonyl (C=O) groups is 1. The van der Waals surface area contributed by atoms with E-state index in [1.165, 1.54) is 38.5 Å². The summed E-state index contributed by atoms with van der Waals surface area (Å²) in [7, 11) is 0. The van der Waals surface area contributed by atoms with Gasteiger partial charge in [-0.05, 0) is 40.5 Å². The number of esters is 1. The van der Waals surface area contributed by atoms with E-state index in [1.807, 2.05) is 26.8 Å². The van der Waals surface area contributed by atoms with Gasteiger partial charge in [0.15, 0.2) is 5.79 Å². The van der Waals surface area contributed by atoms with Crippen LogP contribution in [0.15, 0.2) is 11.6 Å². The Kier molecular flexibility index (Phi) is 9.73. The minimum Gasteiger partial charge on any atom is -0.463 e. The molecular formula is C21H38O4. The van der Waals surface area contributed by atoms with Gasteiger partial charge in [0, 0.05) is 5.57 Å². The zero-order valence-corrected chi connectivity index (χ0v) is 17.0. The van der Waals surface area contributed by atoms with Crippen LogP contribution in [0.4, 0.5) is 0 Å². The first-order valence-electron chi connectivity index (χ1n) is 10.0. The van der Waals surface area contributed by atoms with Crippen LogP contribution in [0.5, 0.6) is 0 Å². The second kappa shape index (κ2) is 11.0. The Morgan fingerprint density at radius 3 is 2.28 bits per heavy atom. The standard InChI is InChI=1S/C21H38O4/c1-6-8-9-10-11-12-13-15-21(17-24-20(4,5)25-21)16-14-18(3)19(22)23-7-2/h14H,6-13,15-17H2,1-5H3/b18-14+/t21-/m0/s1. The molecule has 1 atom stereocenters. The lowest BCUT2D eigenvalue weighted by atomic mass is 9.92. The van der Waals surface area contributed by atoms with E-state index in [2.05, 4.69) is 6.92 Å². The normalized spacial score (nSPS) is 23.0. The Morgan fingerprint density at radius 2 is 1.72 bits per heavy atom. The maximum Gasteiger partial charge on any atom is 0.333 e. The largest absolute Gasteiger partial charge is 0.463 e. The van der Waals surface area contributed by atoms with Crippen molar-refractivity contribution in [1.29, 1.82) is 0 Å². The maximum absolute atomic E-state index is 11.8. The van der Waals surface area contributed by atoms with Crippen LogP contribution >= 0.6 is 0 Å². The summed E-state index contributed by atoms with van der Waals surface area (Å²) in [5, 5.41) is 0. The van der Waals surface area contributed by atoms with E-state index < -0.39 is 5.79 Å². The number of carbonyl (C=O) groups excluding carboxylic acids is 1. The first kappa shape index (κ1) is 22.2. The molecule has 146 valence electrons. The monoisotopic (exact) mass is 354 g/mol. The van der Waals surface area contributed by atoms with Gasteiger partial charge < -0.3 is 14.2 Å². The van der Waals surface area contributed by atoms with Gasteiger partial charge in [-0.15, -0.1) is 0 Å². The van der Waals surface area contributed by atoms with Crippen molar-refractivity contribution in [3.8, 4) is 0 Å². The Balaban J connectivity index is 2.52. The quantitative estimate of drug-likeness (QED) is 0.262. The first-order chi connectivity index (χ1) is 11.8. The molecule has 0 spiro atoms. The Morgan fingerprint density at radius 1 is 1.08 bits per heavy atom. The molecule has 0 bridgehead atoms. The van der Waals surface area contributed by atoms with E-state index in [-0.39, 0.29) is 11.6 Å². The molecule has 1 saturated heterocycles. The van der Waals surface area contributed by atoms with E-state index in [1.54, 1.807) is 6.92 Å². The van der Waals surface area contributed by atoms with Gasteiger partial charge in [-0.25, -0.2) is 4.79 Å². The molecule has 1 aliphatic heterocycles. The fourth-order valence-electron chi connectivity index (χ4n) is 3.28. The van der Waals surface area contributed by atoms with Gasteiger partial charge in [0.2, 0.25) is 0 Å². The highest BCUT2D eigenvalue weighted by molar-refractivity contribution is 5.87. The molecule has 0 aromatic carbocycles. The predicted octanol–water partition coefficient (Wildman–Crippen LogP) is 5.55. The van der Waals surface area contributed by atoms with Crippen molar-refractivity contribution in [3.63, 3.8) is 0 Å². The average molecular weight is 355 g/mol. The third kappa shape index (κ3) is 8.37. The number of rotatable bonds is 12. The van der Waals surface area contributed by atoms with E-state index in [0.717, 1.165) is 12.8 Å².